The summed E-state index contributed by atoms with van der Waals surface area (Å²) in [4.78, 5) is 10.2. The first-order valence-corrected chi connectivity index (χ1v) is 3.74. The maximum absolute atomic E-state index is 10.2. The molecule has 1 N–H and O–H groups in total. The second-order valence-corrected chi connectivity index (χ2v) is 1.97. The van der Waals surface area contributed by atoms with Crippen LogP contribution in [0.15, 0.2) is 0 Å². The number of rotatable bonds is 4. The first-order valence-electron chi connectivity index (χ1n) is 2.62. The molecule has 0 saturated carbocycles. The minimum absolute atomic E-state index is 0.276. The van der Waals surface area contributed by atoms with Crippen LogP contribution in [0.3, 0.4) is 0 Å². The smallest absolute Gasteiger partial charge is 0.332 e. The fraction of sp³-hybridized carbons (Fsp3) is 0.800. The zero-order chi connectivity index (χ0) is 7.28. The largest absolute Gasteiger partial charge is 0.479 e. The Morgan fingerprint density at radius 1 is 1.89 bits per heavy atom. The van der Waals surface area contributed by atoms with E-state index in [1.807, 2.05) is 0 Å². The topological polar surface area (TPSA) is 46.5 Å². The van der Waals surface area contributed by atoms with Crippen LogP contribution in [0.1, 0.15) is 13.3 Å². The Morgan fingerprint density at radius 3 is 2.56 bits per heavy atom. The van der Waals surface area contributed by atoms with Crippen LogP contribution < -0.4 is 0 Å². The van der Waals surface area contributed by atoms with Gasteiger partial charge in [0, 0.05) is 0 Å². The molecule has 0 aliphatic heterocycles. The third kappa shape index (κ3) is 3.48. The Labute approximate surface area is 62.1 Å². The van der Waals surface area contributed by atoms with Crippen LogP contribution in [0.5, 0.6) is 0 Å². The molecule has 0 fully saturated rings. The molecular formula is C5H9BrO3. The van der Waals surface area contributed by atoms with Crippen LogP contribution in [0.2, 0.25) is 0 Å². The molecule has 0 unspecified atom stereocenters. The maximum Gasteiger partial charge on any atom is 0.332 e. The van der Waals surface area contributed by atoms with Gasteiger partial charge in [-0.1, -0.05) is 22.9 Å². The number of halogens is 1. The van der Waals surface area contributed by atoms with E-state index in [0.29, 0.717) is 6.42 Å². The highest BCUT2D eigenvalue weighted by Crippen LogP contribution is 1.99. The highest BCUT2D eigenvalue weighted by Gasteiger charge is 2.13. The quantitative estimate of drug-likeness (QED) is 0.689. The van der Waals surface area contributed by atoms with Crippen LogP contribution in [0, 0.1) is 0 Å². The number of carboxylic acids is 1. The van der Waals surface area contributed by atoms with Crippen molar-refractivity contribution >= 4 is 21.9 Å². The molecule has 0 heterocycles. The molecular weight excluding hydrogens is 188 g/mol. The van der Waals surface area contributed by atoms with Gasteiger partial charge in [-0.2, -0.15) is 0 Å². The predicted octanol–water partition coefficient (Wildman–Crippen LogP) is 1.22. The summed E-state index contributed by atoms with van der Waals surface area (Å²) in [6.07, 6.45) is -0.162. The molecule has 0 aromatic heterocycles. The lowest BCUT2D eigenvalue weighted by molar-refractivity contribution is -0.148. The van der Waals surface area contributed by atoms with Crippen LogP contribution in [-0.2, 0) is 9.53 Å². The van der Waals surface area contributed by atoms with Crippen molar-refractivity contribution in [2.75, 3.05) is 5.52 Å². The summed E-state index contributed by atoms with van der Waals surface area (Å²) in [6.45, 7) is 1.77. The molecule has 0 aliphatic rings. The summed E-state index contributed by atoms with van der Waals surface area (Å²) in [5, 5.41) is 8.36. The number of carboxylic acid groups (broad SMARTS) is 1. The van der Waals surface area contributed by atoms with Gasteiger partial charge in [0.25, 0.3) is 0 Å². The Bertz CT molecular complexity index is 94.2. The van der Waals surface area contributed by atoms with Crippen LogP contribution >= 0.6 is 15.9 Å². The number of aliphatic carboxylic acids is 1. The zero-order valence-corrected chi connectivity index (χ0v) is 6.72. The normalized spacial score (nSPS) is 13.1. The molecule has 1 atom stereocenters. The highest BCUT2D eigenvalue weighted by atomic mass is 79.9. The number of alkyl halides is 1. The lowest BCUT2D eigenvalue weighted by atomic mass is 10.3. The first kappa shape index (κ1) is 8.91. The van der Waals surface area contributed by atoms with Crippen molar-refractivity contribution in [3.05, 3.63) is 0 Å². The summed E-state index contributed by atoms with van der Waals surface area (Å²) in [5.41, 5.74) is 0.276. The predicted molar refractivity (Wildman–Crippen MR) is 36.6 cm³/mol. The number of hydrogen-bond donors (Lipinski definition) is 1. The zero-order valence-electron chi connectivity index (χ0n) is 5.13. The maximum atomic E-state index is 10.2. The Balaban J connectivity index is 3.54. The van der Waals surface area contributed by atoms with Gasteiger partial charge in [-0.3, -0.25) is 0 Å². The van der Waals surface area contributed by atoms with Crippen LogP contribution in [-0.4, -0.2) is 22.7 Å². The number of ether oxygens (including phenoxy) is 1. The van der Waals surface area contributed by atoms with E-state index in [1.165, 1.54) is 0 Å². The molecule has 0 aliphatic carbocycles. The summed E-state index contributed by atoms with van der Waals surface area (Å²) in [6, 6.07) is 0. The van der Waals surface area contributed by atoms with Gasteiger partial charge >= 0.3 is 5.97 Å². The van der Waals surface area contributed by atoms with E-state index in [2.05, 4.69) is 15.9 Å². The molecule has 0 spiro atoms. The van der Waals surface area contributed by atoms with Crippen LogP contribution in [0.4, 0.5) is 0 Å². The van der Waals surface area contributed by atoms with Crippen molar-refractivity contribution in [2.45, 2.75) is 19.4 Å². The molecule has 3 nitrogen and oxygen atoms in total. The Kier molecular flexibility index (Phi) is 4.71. The molecule has 0 aromatic carbocycles. The molecule has 9 heavy (non-hydrogen) atoms. The Morgan fingerprint density at radius 2 is 2.44 bits per heavy atom. The van der Waals surface area contributed by atoms with Crippen molar-refractivity contribution in [1.29, 1.82) is 0 Å². The van der Waals surface area contributed by atoms with E-state index >= 15 is 0 Å². The molecule has 0 saturated heterocycles. The average molecular weight is 197 g/mol. The summed E-state index contributed by atoms with van der Waals surface area (Å²) >= 11 is 2.97. The lowest BCUT2D eigenvalue weighted by Crippen LogP contribution is -2.21. The van der Waals surface area contributed by atoms with Gasteiger partial charge in [-0.25, -0.2) is 4.79 Å². The second kappa shape index (κ2) is 4.76. The third-order valence-electron chi connectivity index (χ3n) is 0.910. The first-order chi connectivity index (χ1) is 4.22. The Hall–Kier alpha value is -0.0900. The number of carbonyl (C=O) groups is 1. The third-order valence-corrected chi connectivity index (χ3v) is 1.17. The molecule has 0 aromatic rings. The van der Waals surface area contributed by atoms with Crippen molar-refractivity contribution in [3.8, 4) is 0 Å². The van der Waals surface area contributed by atoms with Crippen molar-refractivity contribution in [2.24, 2.45) is 0 Å². The minimum Gasteiger partial charge on any atom is -0.479 e. The molecule has 0 amide bonds. The van der Waals surface area contributed by atoms with Crippen molar-refractivity contribution in [3.63, 3.8) is 0 Å². The van der Waals surface area contributed by atoms with E-state index in [-0.39, 0.29) is 5.52 Å². The monoisotopic (exact) mass is 196 g/mol. The van der Waals surface area contributed by atoms with Gasteiger partial charge < -0.3 is 9.84 Å². The lowest BCUT2D eigenvalue weighted by Gasteiger charge is -2.06. The second-order valence-electron chi connectivity index (χ2n) is 1.51. The van der Waals surface area contributed by atoms with Gasteiger partial charge in [-0.15, -0.1) is 0 Å². The van der Waals surface area contributed by atoms with E-state index in [0.717, 1.165) is 0 Å². The summed E-state index contributed by atoms with van der Waals surface area (Å²) in [7, 11) is 0. The van der Waals surface area contributed by atoms with Crippen LogP contribution in [0.25, 0.3) is 0 Å². The molecule has 0 rings (SSSR count). The molecule has 54 valence electrons. The van der Waals surface area contributed by atoms with Crippen molar-refractivity contribution in [1.82, 2.24) is 0 Å². The van der Waals surface area contributed by atoms with Gasteiger partial charge in [0.2, 0.25) is 0 Å². The fourth-order valence-corrected chi connectivity index (χ4v) is 0.759. The van der Waals surface area contributed by atoms with Gasteiger partial charge in [-0.05, 0) is 6.42 Å². The fourth-order valence-electron chi connectivity index (χ4n) is 0.440. The molecule has 0 bridgehead atoms. The summed E-state index contributed by atoms with van der Waals surface area (Å²) < 4.78 is 4.77. The van der Waals surface area contributed by atoms with Crippen molar-refractivity contribution < 1.29 is 14.6 Å². The van der Waals surface area contributed by atoms with E-state index in [4.69, 9.17) is 9.84 Å². The molecule has 0 radical (unpaired) electrons. The SMILES string of the molecule is CC[C@@H](OCBr)C(=O)O. The average Bonchev–Trinajstić information content (AvgIpc) is 1.82. The molecule has 4 heteroatoms. The van der Waals surface area contributed by atoms with Gasteiger partial charge in [0.1, 0.15) is 5.52 Å². The standard InChI is InChI=1S/C5H9BrO3/c1-2-4(5(7)8)9-3-6/h4H,2-3H2,1H3,(H,7,8)/t4-/m1/s1. The highest BCUT2D eigenvalue weighted by molar-refractivity contribution is 9.09. The number of hydrogen-bond acceptors (Lipinski definition) is 2. The van der Waals surface area contributed by atoms with Gasteiger partial charge in [0.15, 0.2) is 6.10 Å². The minimum atomic E-state index is -0.906. The van der Waals surface area contributed by atoms with E-state index < -0.39 is 12.1 Å². The van der Waals surface area contributed by atoms with E-state index in [9.17, 15) is 4.79 Å². The van der Waals surface area contributed by atoms with E-state index in [1.54, 1.807) is 6.92 Å². The van der Waals surface area contributed by atoms with Gasteiger partial charge in [0.05, 0.1) is 0 Å². The summed E-state index contributed by atoms with van der Waals surface area (Å²) in [5.74, 6) is -0.906.